The number of ether oxygens (including phenoxy) is 4. The van der Waals surface area contributed by atoms with Gasteiger partial charge in [0, 0.05) is 89.8 Å². The largest absolute Gasteiger partial charge is 0.496 e. The van der Waals surface area contributed by atoms with E-state index in [1.165, 1.54) is 21.1 Å². The van der Waals surface area contributed by atoms with Crippen molar-refractivity contribution in [2.75, 3.05) is 59.5 Å². The summed E-state index contributed by atoms with van der Waals surface area (Å²) in [4.78, 5) is 53.1. The maximum absolute atomic E-state index is 15.3. The fourth-order valence-corrected chi connectivity index (χ4v) is 14.4. The van der Waals surface area contributed by atoms with Crippen molar-refractivity contribution in [3.63, 3.8) is 0 Å². The number of aliphatic hydroxyl groups is 2. The van der Waals surface area contributed by atoms with E-state index in [2.05, 4.69) is 26.9 Å². The smallest absolute Gasteiger partial charge is 0.344 e. The number of carbonyl (C=O) groups excluding carboxylic acids is 3. The molecule has 3 saturated heterocycles. The van der Waals surface area contributed by atoms with E-state index in [-0.39, 0.29) is 17.3 Å². The van der Waals surface area contributed by atoms with Crippen LogP contribution in [0.3, 0.4) is 0 Å². The monoisotopic (exact) mass is 846 g/mol. The molecule has 5 aliphatic heterocycles. The van der Waals surface area contributed by atoms with E-state index in [0.29, 0.717) is 88.9 Å². The molecule has 2 bridgehead atoms. The molecule has 11 atom stereocenters. The second-order valence-electron chi connectivity index (χ2n) is 18.5. The fourth-order valence-electron chi connectivity index (χ4n) is 13.9. The minimum atomic E-state index is -2.32. The van der Waals surface area contributed by atoms with Crippen LogP contribution in [0, 0.1) is 11.3 Å². The summed E-state index contributed by atoms with van der Waals surface area (Å²) in [6.07, 6.45) is 2.96. The zero-order valence-electron chi connectivity index (χ0n) is 35.8. The molecule has 0 amide bonds. The normalized spacial score (nSPS) is 38.1. The number of nitrogens with zero attached hydrogens (tertiary/aromatic N) is 3. The Bertz CT molecular complexity index is 2250. The van der Waals surface area contributed by atoms with Crippen LogP contribution in [0.2, 0.25) is 0 Å². The third-order valence-electron chi connectivity index (χ3n) is 16.2. The average Bonchev–Trinajstić information content (AvgIpc) is 3.90. The first-order valence-electron chi connectivity index (χ1n) is 21.6. The van der Waals surface area contributed by atoms with Crippen molar-refractivity contribution in [1.29, 1.82) is 0 Å². The van der Waals surface area contributed by atoms with E-state index in [1.807, 2.05) is 50.1 Å². The quantitative estimate of drug-likeness (QED) is 0.171. The van der Waals surface area contributed by atoms with Crippen molar-refractivity contribution < 1.29 is 43.5 Å². The second-order valence-corrected chi connectivity index (χ2v) is 19.1. The first kappa shape index (κ1) is 41.5. The number of hydrogen-bond donors (Lipinski definition) is 3. The van der Waals surface area contributed by atoms with E-state index in [1.54, 1.807) is 7.11 Å². The Morgan fingerprint density at radius 3 is 2.37 bits per heavy atom. The van der Waals surface area contributed by atoms with Gasteiger partial charge in [-0.15, -0.1) is 11.6 Å². The van der Waals surface area contributed by atoms with E-state index in [0.717, 1.165) is 33.4 Å². The highest BCUT2D eigenvalue weighted by molar-refractivity contribution is 6.21. The van der Waals surface area contributed by atoms with E-state index in [9.17, 15) is 19.8 Å². The van der Waals surface area contributed by atoms with Gasteiger partial charge in [-0.1, -0.05) is 32.0 Å². The fraction of sp³-hybridized carbons (Fsp3) is 0.630. The van der Waals surface area contributed by atoms with Gasteiger partial charge in [0.05, 0.1) is 27.4 Å². The number of esters is 3. The number of alkyl halides is 1. The number of methoxy groups -OCH3 is 3. The Balaban J connectivity index is 1.35. The molecule has 9 rings (SSSR count). The number of para-hydroxylation sites is 1. The van der Waals surface area contributed by atoms with Gasteiger partial charge >= 0.3 is 17.9 Å². The minimum absolute atomic E-state index is 0.00266. The summed E-state index contributed by atoms with van der Waals surface area (Å²) >= 11 is 7.12. The molecule has 1 spiro atoms. The summed E-state index contributed by atoms with van der Waals surface area (Å²) in [5, 5.41) is 26.0. The average molecular weight is 847 g/mol. The van der Waals surface area contributed by atoms with Gasteiger partial charge in [-0.2, -0.15) is 0 Å². The molecule has 6 aliphatic rings. The zero-order valence-corrected chi connectivity index (χ0v) is 36.6. The van der Waals surface area contributed by atoms with Gasteiger partial charge in [0.2, 0.25) is 5.60 Å². The predicted octanol–water partition coefficient (Wildman–Crippen LogP) is 4.78. The van der Waals surface area contributed by atoms with Crippen molar-refractivity contribution >= 4 is 46.1 Å². The van der Waals surface area contributed by atoms with Crippen LogP contribution in [0.1, 0.15) is 88.1 Å². The molecule has 324 valence electrons. The molecule has 60 heavy (non-hydrogen) atoms. The summed E-state index contributed by atoms with van der Waals surface area (Å²) in [6.45, 7) is 7.76. The number of H-pyrrole nitrogens is 1. The first-order valence-corrected chi connectivity index (χ1v) is 22.1. The highest BCUT2D eigenvalue weighted by atomic mass is 35.5. The Hall–Kier alpha value is -3.88. The Kier molecular flexibility index (Phi) is 9.91. The van der Waals surface area contributed by atoms with Crippen LogP contribution in [0.4, 0.5) is 5.69 Å². The van der Waals surface area contributed by atoms with Crippen LogP contribution in [0.25, 0.3) is 10.9 Å². The molecule has 1 saturated carbocycles. The van der Waals surface area contributed by atoms with Crippen molar-refractivity contribution in [1.82, 2.24) is 14.8 Å². The number of anilines is 1. The number of halogens is 1. The summed E-state index contributed by atoms with van der Waals surface area (Å²) in [6, 6.07) is 10.9. The predicted molar refractivity (Wildman–Crippen MR) is 225 cm³/mol. The number of fused-ring (bicyclic) bond motifs is 6. The number of hydrogen-bond acceptors (Lipinski definition) is 12. The first-order chi connectivity index (χ1) is 28.6. The number of carbonyl (C=O) groups is 3. The standard InChI is InChI=1S/C46H59ClN4O9/c1-8-42-23-28(47)25-50-19-17-44(37(42)50)31-20-32(35(57-5)21-34(31)49(4)38(44)46(56,41(54)59-7)39(42)60-26(3)52)45(40(53)58-6)22-27-14-16-43(55,9-2)51(24-27)18-15-30-29-12-10-11-13-33(29)48-36(30)45/h10-13,20-21,27-28,37-39,48,55-56H,8-9,14-19,22-25H2,1-7H3/t27?,28-,37+,38-,39-,42-,43?,44-,45+,46+/m1/s1. The van der Waals surface area contributed by atoms with Gasteiger partial charge in [-0.25, -0.2) is 4.79 Å². The molecule has 3 unspecified atom stereocenters. The molecule has 1 aromatic heterocycles. The lowest BCUT2D eigenvalue weighted by Crippen LogP contribution is -2.82. The summed E-state index contributed by atoms with van der Waals surface area (Å²) in [7, 11) is 6.15. The van der Waals surface area contributed by atoms with Crippen LogP contribution in [-0.2, 0) is 45.8 Å². The molecule has 3 aromatic rings. The molecule has 3 N–H and O–H groups in total. The molecule has 1 aliphatic carbocycles. The molecule has 14 heteroatoms. The Morgan fingerprint density at radius 2 is 1.68 bits per heavy atom. The molecule has 4 fully saturated rings. The number of aromatic nitrogens is 1. The third-order valence-corrected chi connectivity index (χ3v) is 16.5. The summed E-state index contributed by atoms with van der Waals surface area (Å²) in [5.41, 5.74) is -1.69. The van der Waals surface area contributed by atoms with Gasteiger partial charge in [0.25, 0.3) is 0 Å². The van der Waals surface area contributed by atoms with Crippen molar-refractivity contribution in [2.45, 2.75) is 118 Å². The van der Waals surface area contributed by atoms with E-state index >= 15 is 4.79 Å². The lowest BCUT2D eigenvalue weighted by Gasteiger charge is -2.65. The van der Waals surface area contributed by atoms with Gasteiger partial charge in [0.1, 0.15) is 16.9 Å². The Labute approximate surface area is 356 Å². The van der Waals surface area contributed by atoms with Crippen LogP contribution >= 0.6 is 11.6 Å². The molecule has 13 nitrogen and oxygen atoms in total. The second kappa shape index (κ2) is 14.3. The van der Waals surface area contributed by atoms with E-state index in [4.69, 9.17) is 30.5 Å². The van der Waals surface area contributed by atoms with Gasteiger partial charge < -0.3 is 39.0 Å². The summed E-state index contributed by atoms with van der Waals surface area (Å²) in [5.74, 6) is -1.47. The molecule has 2 aromatic carbocycles. The minimum Gasteiger partial charge on any atom is -0.496 e. The van der Waals surface area contributed by atoms with Crippen LogP contribution in [-0.4, -0.2) is 132 Å². The van der Waals surface area contributed by atoms with Crippen LogP contribution in [0.5, 0.6) is 5.75 Å². The van der Waals surface area contributed by atoms with Crippen molar-refractivity contribution in [2.24, 2.45) is 11.3 Å². The lowest BCUT2D eigenvalue weighted by atomic mass is 9.46. The number of piperidine rings is 2. The number of nitrogens with one attached hydrogen (secondary N) is 1. The van der Waals surface area contributed by atoms with Crippen LogP contribution in [0.15, 0.2) is 36.4 Å². The maximum atomic E-state index is 15.3. The molecule has 6 heterocycles. The summed E-state index contributed by atoms with van der Waals surface area (Å²) < 4.78 is 24.0. The molecular formula is C46H59ClN4O9. The van der Waals surface area contributed by atoms with Crippen LogP contribution < -0.4 is 9.64 Å². The zero-order chi connectivity index (χ0) is 42.7. The Morgan fingerprint density at radius 1 is 0.933 bits per heavy atom. The van der Waals surface area contributed by atoms with E-state index < -0.39 is 57.6 Å². The highest BCUT2D eigenvalue weighted by Crippen LogP contribution is 2.69. The molecule has 0 radical (unpaired) electrons. The molecular weight excluding hydrogens is 788 g/mol. The van der Waals surface area contributed by atoms with Gasteiger partial charge in [-0.05, 0) is 87.1 Å². The lowest BCUT2D eigenvalue weighted by molar-refractivity contribution is -0.242. The van der Waals surface area contributed by atoms with Gasteiger partial charge in [-0.3, -0.25) is 19.4 Å². The number of aromatic amines is 1. The topological polar surface area (TPSA) is 154 Å². The van der Waals surface area contributed by atoms with Crippen molar-refractivity contribution in [3.8, 4) is 5.75 Å². The SMILES string of the molecule is CCC1(O)CCC2CN1CCc1c([nH]c3ccccc13)[C@@](C(=O)OC)(c1cc3c(cc1OC)N(C)[C@H]1[C@@](O)(C(=O)OC)[C@H](OC(C)=O)[C@]4(CC)C[C@@H](Cl)CN5CC[C@]31[C@@H]54)C2. The van der Waals surface area contributed by atoms with Crippen molar-refractivity contribution in [3.05, 3.63) is 58.8 Å². The van der Waals surface area contributed by atoms with Gasteiger partial charge in [0.15, 0.2) is 6.10 Å². The number of benzene rings is 2. The number of rotatable bonds is 7. The highest BCUT2D eigenvalue weighted by Gasteiger charge is 2.81. The number of likely N-dealkylation sites (N-methyl/N-ethyl adjacent to an activating group) is 1. The maximum Gasteiger partial charge on any atom is 0.344 e. The third kappa shape index (κ3) is 5.28.